The lowest BCUT2D eigenvalue weighted by atomic mass is 10.1. The van der Waals surface area contributed by atoms with Gasteiger partial charge in [0.2, 0.25) is 0 Å². The SMILES string of the molecule is O[C@@H]1/C=C/CCCC[C@@H]2C[C@@H]21. The fourth-order valence-electron chi connectivity index (χ4n) is 2.07. The van der Waals surface area contributed by atoms with E-state index in [1.54, 1.807) is 0 Å². The van der Waals surface area contributed by atoms with Crippen molar-refractivity contribution in [1.29, 1.82) is 0 Å². The number of hydrogen-bond donors (Lipinski definition) is 1. The molecular weight excluding hydrogens is 136 g/mol. The molecule has 62 valence electrons. The van der Waals surface area contributed by atoms with Crippen molar-refractivity contribution < 1.29 is 5.11 Å². The zero-order valence-electron chi connectivity index (χ0n) is 6.87. The maximum atomic E-state index is 9.56. The van der Waals surface area contributed by atoms with Crippen LogP contribution < -0.4 is 0 Å². The summed E-state index contributed by atoms with van der Waals surface area (Å²) >= 11 is 0. The maximum Gasteiger partial charge on any atom is 0.0751 e. The molecule has 0 bridgehead atoms. The highest BCUT2D eigenvalue weighted by atomic mass is 16.3. The Balaban J connectivity index is 1.95. The normalized spacial score (nSPS) is 46.5. The van der Waals surface area contributed by atoms with Gasteiger partial charge in [0.05, 0.1) is 6.10 Å². The molecule has 0 aliphatic heterocycles. The second kappa shape index (κ2) is 2.98. The van der Waals surface area contributed by atoms with Gasteiger partial charge in [-0.05, 0) is 31.1 Å². The van der Waals surface area contributed by atoms with E-state index in [1.807, 2.05) is 6.08 Å². The molecule has 1 N–H and O–H groups in total. The molecule has 0 aromatic heterocycles. The van der Waals surface area contributed by atoms with Gasteiger partial charge in [-0.25, -0.2) is 0 Å². The summed E-state index contributed by atoms with van der Waals surface area (Å²) in [4.78, 5) is 0. The molecule has 0 saturated heterocycles. The van der Waals surface area contributed by atoms with Gasteiger partial charge in [-0.15, -0.1) is 0 Å². The lowest BCUT2D eigenvalue weighted by Crippen LogP contribution is -2.05. The molecule has 0 aromatic carbocycles. The summed E-state index contributed by atoms with van der Waals surface area (Å²) in [5.41, 5.74) is 0. The Morgan fingerprint density at radius 3 is 3.09 bits per heavy atom. The summed E-state index contributed by atoms with van der Waals surface area (Å²) in [7, 11) is 0. The second-order valence-corrected chi connectivity index (χ2v) is 3.86. The van der Waals surface area contributed by atoms with Crippen LogP contribution >= 0.6 is 0 Å². The summed E-state index contributed by atoms with van der Waals surface area (Å²) in [6.45, 7) is 0. The predicted molar refractivity (Wildman–Crippen MR) is 45.2 cm³/mol. The van der Waals surface area contributed by atoms with Gasteiger partial charge in [-0.1, -0.05) is 25.0 Å². The molecule has 0 heterocycles. The van der Waals surface area contributed by atoms with Gasteiger partial charge in [-0.2, -0.15) is 0 Å². The quantitative estimate of drug-likeness (QED) is 0.527. The van der Waals surface area contributed by atoms with Crippen LogP contribution in [0.5, 0.6) is 0 Å². The largest absolute Gasteiger partial charge is 0.389 e. The Labute approximate surface area is 68.1 Å². The Hall–Kier alpha value is -0.300. The van der Waals surface area contributed by atoms with Crippen LogP contribution in [0.2, 0.25) is 0 Å². The molecule has 2 aliphatic carbocycles. The maximum absolute atomic E-state index is 9.56. The highest BCUT2D eigenvalue weighted by molar-refractivity contribution is 5.02. The molecule has 1 heteroatoms. The number of allylic oxidation sites excluding steroid dienone is 1. The summed E-state index contributed by atoms with van der Waals surface area (Å²) in [6, 6.07) is 0. The monoisotopic (exact) mass is 152 g/mol. The number of aliphatic hydroxyl groups is 1. The summed E-state index contributed by atoms with van der Waals surface area (Å²) in [6.07, 6.45) is 10.5. The molecule has 2 rings (SSSR count). The van der Waals surface area contributed by atoms with Gasteiger partial charge in [0.15, 0.2) is 0 Å². The first-order valence-electron chi connectivity index (χ1n) is 4.72. The molecule has 0 aromatic rings. The smallest absolute Gasteiger partial charge is 0.0751 e. The van der Waals surface area contributed by atoms with E-state index in [0.717, 1.165) is 12.3 Å². The molecule has 1 fully saturated rings. The molecule has 1 saturated carbocycles. The van der Waals surface area contributed by atoms with Crippen LogP contribution in [0.4, 0.5) is 0 Å². The van der Waals surface area contributed by atoms with Crippen LogP contribution in [0.3, 0.4) is 0 Å². The van der Waals surface area contributed by atoms with Crippen molar-refractivity contribution in [2.24, 2.45) is 11.8 Å². The number of fused-ring (bicyclic) bond motifs is 1. The minimum atomic E-state index is -0.127. The molecule has 3 atom stereocenters. The number of hydrogen-bond acceptors (Lipinski definition) is 1. The van der Waals surface area contributed by atoms with Crippen LogP contribution in [-0.4, -0.2) is 11.2 Å². The molecule has 0 spiro atoms. The highest BCUT2D eigenvalue weighted by Crippen LogP contribution is 2.45. The van der Waals surface area contributed by atoms with E-state index in [0.29, 0.717) is 5.92 Å². The standard InChI is InChI=1S/C10H16O/c11-10-6-4-2-1-3-5-8-7-9(8)10/h4,6,8-11H,1-3,5,7H2/b6-4+/t8-,9+,10-/m1/s1. The van der Waals surface area contributed by atoms with E-state index in [4.69, 9.17) is 0 Å². The van der Waals surface area contributed by atoms with E-state index in [2.05, 4.69) is 6.08 Å². The first-order chi connectivity index (χ1) is 5.38. The van der Waals surface area contributed by atoms with Crippen LogP contribution in [0, 0.1) is 11.8 Å². The van der Waals surface area contributed by atoms with E-state index < -0.39 is 0 Å². The van der Waals surface area contributed by atoms with E-state index in [9.17, 15) is 5.11 Å². The highest BCUT2D eigenvalue weighted by Gasteiger charge is 2.40. The van der Waals surface area contributed by atoms with Crippen molar-refractivity contribution in [3.05, 3.63) is 12.2 Å². The summed E-state index contributed by atoms with van der Waals surface area (Å²) in [5.74, 6) is 1.47. The number of aliphatic hydroxyl groups excluding tert-OH is 1. The molecule has 0 unspecified atom stereocenters. The topological polar surface area (TPSA) is 20.2 Å². The van der Waals surface area contributed by atoms with Gasteiger partial charge in [-0.3, -0.25) is 0 Å². The Morgan fingerprint density at radius 2 is 2.18 bits per heavy atom. The van der Waals surface area contributed by atoms with Gasteiger partial charge in [0, 0.05) is 0 Å². The fourth-order valence-corrected chi connectivity index (χ4v) is 2.07. The van der Waals surface area contributed by atoms with Crippen molar-refractivity contribution in [1.82, 2.24) is 0 Å². The van der Waals surface area contributed by atoms with Crippen LogP contribution in [0.1, 0.15) is 32.1 Å². The van der Waals surface area contributed by atoms with Gasteiger partial charge in [0.25, 0.3) is 0 Å². The third-order valence-corrected chi connectivity index (χ3v) is 2.94. The first kappa shape index (κ1) is 7.35. The average molecular weight is 152 g/mol. The summed E-state index contributed by atoms with van der Waals surface area (Å²) in [5, 5.41) is 9.56. The molecule has 0 radical (unpaired) electrons. The average Bonchev–Trinajstić information content (AvgIpc) is 2.74. The third kappa shape index (κ3) is 1.64. The molecule has 11 heavy (non-hydrogen) atoms. The van der Waals surface area contributed by atoms with Crippen molar-refractivity contribution >= 4 is 0 Å². The van der Waals surface area contributed by atoms with Crippen molar-refractivity contribution in [3.63, 3.8) is 0 Å². The minimum absolute atomic E-state index is 0.127. The number of rotatable bonds is 0. The Bertz CT molecular complexity index is 162. The fraction of sp³-hybridized carbons (Fsp3) is 0.800. The van der Waals surface area contributed by atoms with Crippen LogP contribution in [0.15, 0.2) is 12.2 Å². The zero-order chi connectivity index (χ0) is 7.68. The molecule has 2 aliphatic rings. The lowest BCUT2D eigenvalue weighted by Gasteiger charge is -2.01. The van der Waals surface area contributed by atoms with Gasteiger partial charge >= 0.3 is 0 Å². The minimum Gasteiger partial charge on any atom is -0.389 e. The molecule has 0 amide bonds. The third-order valence-electron chi connectivity index (χ3n) is 2.94. The van der Waals surface area contributed by atoms with E-state index >= 15 is 0 Å². The van der Waals surface area contributed by atoms with Crippen LogP contribution in [0.25, 0.3) is 0 Å². The zero-order valence-corrected chi connectivity index (χ0v) is 6.87. The first-order valence-corrected chi connectivity index (χ1v) is 4.72. The van der Waals surface area contributed by atoms with Crippen molar-refractivity contribution in [3.8, 4) is 0 Å². The predicted octanol–water partition coefficient (Wildman–Crippen LogP) is 2.11. The second-order valence-electron chi connectivity index (χ2n) is 3.86. The van der Waals surface area contributed by atoms with E-state index in [-0.39, 0.29) is 6.10 Å². The van der Waals surface area contributed by atoms with E-state index in [1.165, 1.54) is 25.7 Å². The summed E-state index contributed by atoms with van der Waals surface area (Å²) < 4.78 is 0. The molecule has 1 nitrogen and oxygen atoms in total. The lowest BCUT2D eigenvalue weighted by molar-refractivity contribution is 0.192. The van der Waals surface area contributed by atoms with Crippen molar-refractivity contribution in [2.75, 3.05) is 0 Å². The Morgan fingerprint density at radius 1 is 1.27 bits per heavy atom. The molecular formula is C10H16O. The van der Waals surface area contributed by atoms with Gasteiger partial charge < -0.3 is 5.11 Å². The van der Waals surface area contributed by atoms with Crippen molar-refractivity contribution in [2.45, 2.75) is 38.2 Å². The Kier molecular flexibility index (Phi) is 1.99. The van der Waals surface area contributed by atoms with Gasteiger partial charge in [0.1, 0.15) is 0 Å². The van der Waals surface area contributed by atoms with Crippen LogP contribution in [-0.2, 0) is 0 Å².